The monoisotopic (exact) mass is 263 g/mol. The summed E-state index contributed by atoms with van der Waals surface area (Å²) in [5, 5.41) is 6.14. The Morgan fingerprint density at radius 3 is 2.94 bits per heavy atom. The van der Waals surface area contributed by atoms with E-state index in [1.54, 1.807) is 18.4 Å². The maximum atomic E-state index is 5.76. The molecule has 0 aliphatic rings. The summed E-state index contributed by atoms with van der Waals surface area (Å²) in [6.45, 7) is 1.98. The highest BCUT2D eigenvalue weighted by atomic mass is 32.1. The molecule has 5 heteroatoms. The van der Waals surface area contributed by atoms with E-state index in [-0.39, 0.29) is 6.04 Å². The molecule has 0 saturated carbocycles. The summed E-state index contributed by atoms with van der Waals surface area (Å²) in [6, 6.07) is 7.91. The van der Waals surface area contributed by atoms with Crippen LogP contribution in [0, 0.1) is 0 Å². The van der Waals surface area contributed by atoms with E-state index in [0.717, 1.165) is 28.7 Å². The van der Waals surface area contributed by atoms with Crippen LogP contribution in [0.4, 0.5) is 10.8 Å². The lowest BCUT2D eigenvalue weighted by Gasteiger charge is -2.08. The average molecular weight is 263 g/mol. The third-order valence-electron chi connectivity index (χ3n) is 2.43. The van der Waals surface area contributed by atoms with Gasteiger partial charge in [0.15, 0.2) is 5.13 Å². The van der Waals surface area contributed by atoms with Crippen LogP contribution in [0.2, 0.25) is 0 Å². The van der Waals surface area contributed by atoms with Crippen LogP contribution in [0.3, 0.4) is 0 Å². The van der Waals surface area contributed by atoms with Crippen molar-refractivity contribution in [3.8, 4) is 5.75 Å². The number of para-hydroxylation sites is 2. The number of nitrogens with zero attached hydrogens (tertiary/aromatic N) is 1. The van der Waals surface area contributed by atoms with Gasteiger partial charge < -0.3 is 15.8 Å². The molecule has 3 N–H and O–H groups in total. The molecule has 2 rings (SSSR count). The van der Waals surface area contributed by atoms with Crippen molar-refractivity contribution < 1.29 is 4.74 Å². The number of hydrogen-bond acceptors (Lipinski definition) is 5. The normalized spacial score (nSPS) is 12.2. The molecule has 4 nitrogen and oxygen atoms in total. The second-order valence-electron chi connectivity index (χ2n) is 4.15. The molecule has 1 unspecified atom stereocenters. The van der Waals surface area contributed by atoms with Crippen molar-refractivity contribution in [2.24, 2.45) is 5.73 Å². The first-order valence-electron chi connectivity index (χ1n) is 5.79. The molecule has 0 aliphatic carbocycles. The quantitative estimate of drug-likeness (QED) is 0.871. The summed E-state index contributed by atoms with van der Waals surface area (Å²) in [4.78, 5) is 4.49. The van der Waals surface area contributed by atoms with Gasteiger partial charge in [0.25, 0.3) is 0 Å². The van der Waals surface area contributed by atoms with Gasteiger partial charge in [0.1, 0.15) is 5.75 Å². The van der Waals surface area contributed by atoms with Gasteiger partial charge in [0, 0.05) is 17.8 Å². The Hall–Kier alpha value is -1.59. The van der Waals surface area contributed by atoms with Crippen LogP contribution in [0.5, 0.6) is 5.75 Å². The molecule has 0 aliphatic heterocycles. The van der Waals surface area contributed by atoms with E-state index in [9.17, 15) is 0 Å². The number of nitrogens with one attached hydrogen (secondary N) is 1. The predicted octanol–water partition coefficient (Wildman–Crippen LogP) is 2.79. The highest BCUT2D eigenvalue weighted by Gasteiger charge is 2.07. The minimum atomic E-state index is 0.131. The van der Waals surface area contributed by atoms with Gasteiger partial charge in [-0.3, -0.25) is 0 Å². The van der Waals surface area contributed by atoms with E-state index < -0.39 is 0 Å². The first kappa shape index (κ1) is 12.9. The summed E-state index contributed by atoms with van der Waals surface area (Å²) in [5.41, 5.74) is 7.70. The number of hydrogen-bond donors (Lipinski definition) is 2. The maximum Gasteiger partial charge on any atom is 0.187 e. The number of methoxy groups -OCH3 is 1. The topological polar surface area (TPSA) is 60.2 Å². The van der Waals surface area contributed by atoms with Gasteiger partial charge in [-0.2, -0.15) is 0 Å². The van der Waals surface area contributed by atoms with Crippen LogP contribution in [-0.2, 0) is 6.42 Å². The van der Waals surface area contributed by atoms with E-state index in [1.165, 1.54) is 0 Å². The summed E-state index contributed by atoms with van der Waals surface area (Å²) in [6.07, 6.45) is 0.796. The lowest BCUT2D eigenvalue weighted by atomic mass is 10.2. The fourth-order valence-corrected chi connectivity index (χ4v) is 2.39. The molecule has 0 saturated heterocycles. The van der Waals surface area contributed by atoms with Gasteiger partial charge in [-0.1, -0.05) is 12.1 Å². The highest BCUT2D eigenvalue weighted by molar-refractivity contribution is 7.13. The van der Waals surface area contributed by atoms with E-state index in [1.807, 2.05) is 36.6 Å². The molecule has 1 atom stereocenters. The zero-order valence-electron chi connectivity index (χ0n) is 10.5. The Morgan fingerprint density at radius 2 is 2.22 bits per heavy atom. The van der Waals surface area contributed by atoms with Gasteiger partial charge in [0.05, 0.1) is 18.5 Å². The van der Waals surface area contributed by atoms with E-state index in [0.29, 0.717) is 0 Å². The molecule has 1 aromatic carbocycles. The number of benzene rings is 1. The molecule has 18 heavy (non-hydrogen) atoms. The Kier molecular flexibility index (Phi) is 4.17. The van der Waals surface area contributed by atoms with Crippen molar-refractivity contribution in [3.05, 3.63) is 35.3 Å². The first-order valence-corrected chi connectivity index (χ1v) is 6.67. The minimum Gasteiger partial charge on any atom is -0.495 e. The van der Waals surface area contributed by atoms with Crippen molar-refractivity contribution in [1.82, 2.24) is 4.98 Å². The van der Waals surface area contributed by atoms with Crippen LogP contribution < -0.4 is 15.8 Å². The number of aromatic nitrogens is 1. The number of thiazole rings is 1. The first-order chi connectivity index (χ1) is 8.69. The third kappa shape index (κ3) is 3.21. The summed E-state index contributed by atoms with van der Waals surface area (Å²) in [7, 11) is 1.66. The van der Waals surface area contributed by atoms with Crippen LogP contribution in [0.1, 0.15) is 12.6 Å². The van der Waals surface area contributed by atoms with Crippen molar-refractivity contribution in [3.63, 3.8) is 0 Å². The number of rotatable bonds is 5. The SMILES string of the molecule is COc1ccccc1Nc1nc(CC(C)N)cs1. The fourth-order valence-electron chi connectivity index (χ4n) is 1.65. The third-order valence-corrected chi connectivity index (χ3v) is 3.24. The molecule has 0 bridgehead atoms. The molecule has 1 aromatic heterocycles. The lowest BCUT2D eigenvalue weighted by Crippen LogP contribution is -2.17. The van der Waals surface area contributed by atoms with Crippen LogP contribution in [0.15, 0.2) is 29.6 Å². The molecule has 2 aromatic rings. The molecule has 1 heterocycles. The van der Waals surface area contributed by atoms with E-state index >= 15 is 0 Å². The summed E-state index contributed by atoms with van der Waals surface area (Å²) >= 11 is 1.57. The molecule has 0 fully saturated rings. The lowest BCUT2D eigenvalue weighted by molar-refractivity contribution is 0.417. The Bertz CT molecular complexity index is 510. The Balaban J connectivity index is 2.11. The van der Waals surface area contributed by atoms with Crippen LogP contribution in [0.25, 0.3) is 0 Å². The smallest absolute Gasteiger partial charge is 0.187 e. The molecule has 96 valence electrons. The minimum absolute atomic E-state index is 0.131. The summed E-state index contributed by atoms with van der Waals surface area (Å²) < 4.78 is 5.28. The van der Waals surface area contributed by atoms with E-state index in [4.69, 9.17) is 10.5 Å². The van der Waals surface area contributed by atoms with Crippen LogP contribution >= 0.6 is 11.3 Å². The van der Waals surface area contributed by atoms with Gasteiger partial charge >= 0.3 is 0 Å². The van der Waals surface area contributed by atoms with Gasteiger partial charge in [0.2, 0.25) is 0 Å². The zero-order chi connectivity index (χ0) is 13.0. The molecular weight excluding hydrogens is 246 g/mol. The van der Waals surface area contributed by atoms with Gasteiger partial charge in [-0.25, -0.2) is 4.98 Å². The summed E-state index contributed by atoms with van der Waals surface area (Å²) in [5.74, 6) is 0.807. The van der Waals surface area contributed by atoms with Crippen LogP contribution in [-0.4, -0.2) is 18.1 Å². The van der Waals surface area contributed by atoms with Crippen molar-refractivity contribution in [2.45, 2.75) is 19.4 Å². The second-order valence-corrected chi connectivity index (χ2v) is 5.01. The largest absolute Gasteiger partial charge is 0.495 e. The second kappa shape index (κ2) is 5.84. The van der Waals surface area contributed by atoms with Crippen molar-refractivity contribution >= 4 is 22.2 Å². The number of ether oxygens (including phenoxy) is 1. The van der Waals surface area contributed by atoms with E-state index in [2.05, 4.69) is 10.3 Å². The molecule has 0 amide bonds. The Morgan fingerprint density at radius 1 is 1.44 bits per heavy atom. The average Bonchev–Trinajstić information content (AvgIpc) is 2.76. The molecular formula is C13H17N3OS. The fraction of sp³-hybridized carbons (Fsp3) is 0.308. The number of anilines is 2. The standard InChI is InChI=1S/C13H17N3OS/c1-9(14)7-10-8-18-13(15-10)16-11-5-3-4-6-12(11)17-2/h3-6,8-9H,7,14H2,1-2H3,(H,15,16). The van der Waals surface area contributed by atoms with Gasteiger partial charge in [-0.05, 0) is 19.1 Å². The molecule has 0 radical (unpaired) electrons. The highest BCUT2D eigenvalue weighted by Crippen LogP contribution is 2.28. The number of nitrogens with two attached hydrogens (primary N) is 1. The van der Waals surface area contributed by atoms with Crippen molar-refractivity contribution in [1.29, 1.82) is 0 Å². The molecule has 0 spiro atoms. The Labute approximate surface area is 111 Å². The van der Waals surface area contributed by atoms with Gasteiger partial charge in [-0.15, -0.1) is 11.3 Å². The zero-order valence-corrected chi connectivity index (χ0v) is 11.3. The maximum absolute atomic E-state index is 5.76. The van der Waals surface area contributed by atoms with Crippen molar-refractivity contribution in [2.75, 3.05) is 12.4 Å². The predicted molar refractivity (Wildman–Crippen MR) is 75.7 cm³/mol.